The van der Waals surface area contributed by atoms with Crippen LogP contribution < -0.4 is 10.6 Å². The molecule has 0 aliphatic heterocycles. The van der Waals surface area contributed by atoms with Crippen LogP contribution in [0.5, 0.6) is 0 Å². The van der Waals surface area contributed by atoms with Gasteiger partial charge in [-0.3, -0.25) is 4.79 Å². The molecule has 88 valence electrons. The molecule has 0 saturated carbocycles. The van der Waals surface area contributed by atoms with E-state index in [-0.39, 0.29) is 12.3 Å². The lowest BCUT2D eigenvalue weighted by atomic mass is 10.3. The first kappa shape index (κ1) is 12.4. The third-order valence-corrected chi connectivity index (χ3v) is 1.92. The zero-order chi connectivity index (χ0) is 12.0. The molecule has 0 heterocycles. The lowest BCUT2D eigenvalue weighted by molar-refractivity contribution is -0.120. The normalized spacial score (nSPS) is 9.94. The molecule has 1 aromatic carbocycles. The van der Waals surface area contributed by atoms with E-state index in [0.717, 1.165) is 6.07 Å². The Labute approximate surface area is 92.8 Å². The van der Waals surface area contributed by atoms with Gasteiger partial charge in [-0.25, -0.2) is 8.78 Å². The summed E-state index contributed by atoms with van der Waals surface area (Å²) < 4.78 is 25.6. The molecule has 0 aliphatic carbocycles. The number of rotatable bonds is 5. The first-order chi connectivity index (χ1) is 7.61. The van der Waals surface area contributed by atoms with Crippen molar-refractivity contribution in [2.75, 3.05) is 18.4 Å². The highest BCUT2D eigenvalue weighted by Crippen LogP contribution is 2.12. The zero-order valence-electron chi connectivity index (χ0n) is 9.02. The SMILES string of the molecule is CCNC(=O)CCNc1cc(F)cc(F)c1. The fourth-order valence-electron chi connectivity index (χ4n) is 1.26. The molecule has 3 nitrogen and oxygen atoms in total. The number of amides is 1. The highest BCUT2D eigenvalue weighted by Gasteiger charge is 2.01. The topological polar surface area (TPSA) is 41.1 Å². The van der Waals surface area contributed by atoms with Gasteiger partial charge >= 0.3 is 0 Å². The number of hydrogen-bond acceptors (Lipinski definition) is 2. The van der Waals surface area contributed by atoms with Crippen molar-refractivity contribution in [3.63, 3.8) is 0 Å². The van der Waals surface area contributed by atoms with Gasteiger partial charge in [-0.05, 0) is 19.1 Å². The van der Waals surface area contributed by atoms with E-state index >= 15 is 0 Å². The van der Waals surface area contributed by atoms with Crippen LogP contribution in [0.4, 0.5) is 14.5 Å². The van der Waals surface area contributed by atoms with Crippen molar-refractivity contribution in [1.29, 1.82) is 0 Å². The molecule has 1 amide bonds. The van der Waals surface area contributed by atoms with Gasteiger partial charge in [0.2, 0.25) is 5.91 Å². The third kappa shape index (κ3) is 4.25. The lowest BCUT2D eigenvalue weighted by Crippen LogP contribution is -2.24. The molecule has 0 radical (unpaired) electrons. The molecule has 0 saturated heterocycles. The van der Waals surface area contributed by atoms with Crippen molar-refractivity contribution < 1.29 is 13.6 Å². The van der Waals surface area contributed by atoms with Gasteiger partial charge in [0.15, 0.2) is 0 Å². The monoisotopic (exact) mass is 228 g/mol. The minimum atomic E-state index is -0.638. The smallest absolute Gasteiger partial charge is 0.221 e. The standard InChI is InChI=1S/C11H14F2N2O/c1-2-14-11(16)3-4-15-10-6-8(12)5-9(13)7-10/h5-7,15H,2-4H2,1H3,(H,14,16). The van der Waals surface area contributed by atoms with Gasteiger partial charge in [0.05, 0.1) is 0 Å². The average molecular weight is 228 g/mol. The largest absolute Gasteiger partial charge is 0.384 e. The van der Waals surface area contributed by atoms with E-state index in [9.17, 15) is 13.6 Å². The highest BCUT2D eigenvalue weighted by atomic mass is 19.1. The molecule has 16 heavy (non-hydrogen) atoms. The Morgan fingerprint density at radius 2 is 1.88 bits per heavy atom. The van der Waals surface area contributed by atoms with Crippen LogP contribution in [0.3, 0.4) is 0 Å². The van der Waals surface area contributed by atoms with Crippen LogP contribution >= 0.6 is 0 Å². The van der Waals surface area contributed by atoms with Gasteiger partial charge in [-0.1, -0.05) is 0 Å². The molecule has 0 spiro atoms. The summed E-state index contributed by atoms with van der Waals surface area (Å²) in [5.74, 6) is -1.37. The molecule has 2 N–H and O–H groups in total. The van der Waals surface area contributed by atoms with E-state index in [1.165, 1.54) is 12.1 Å². The van der Waals surface area contributed by atoms with Crippen molar-refractivity contribution in [1.82, 2.24) is 5.32 Å². The molecule has 5 heteroatoms. The third-order valence-electron chi connectivity index (χ3n) is 1.92. The van der Waals surface area contributed by atoms with Gasteiger partial charge in [0.25, 0.3) is 0 Å². The number of hydrogen-bond donors (Lipinski definition) is 2. The molecule has 0 aliphatic rings. The second kappa shape index (κ2) is 6.05. The van der Waals surface area contributed by atoms with E-state index in [2.05, 4.69) is 10.6 Å². The molecule has 0 unspecified atom stereocenters. The van der Waals surface area contributed by atoms with Crippen LogP contribution in [0.25, 0.3) is 0 Å². The maximum absolute atomic E-state index is 12.8. The van der Waals surface area contributed by atoms with E-state index in [1.807, 2.05) is 6.92 Å². The van der Waals surface area contributed by atoms with Crippen LogP contribution in [0.15, 0.2) is 18.2 Å². The molecule has 0 aromatic heterocycles. The van der Waals surface area contributed by atoms with Crippen molar-refractivity contribution in [2.45, 2.75) is 13.3 Å². The minimum Gasteiger partial charge on any atom is -0.384 e. The summed E-state index contributed by atoms with van der Waals surface area (Å²) in [6, 6.07) is 3.16. The fraction of sp³-hybridized carbons (Fsp3) is 0.364. The minimum absolute atomic E-state index is 0.0909. The van der Waals surface area contributed by atoms with Crippen LogP contribution in [0.1, 0.15) is 13.3 Å². The number of benzene rings is 1. The lowest BCUT2D eigenvalue weighted by Gasteiger charge is -2.06. The van der Waals surface area contributed by atoms with E-state index < -0.39 is 11.6 Å². The Hall–Kier alpha value is -1.65. The molecule has 1 rings (SSSR count). The summed E-state index contributed by atoms with van der Waals surface area (Å²) in [6.07, 6.45) is 0.270. The first-order valence-electron chi connectivity index (χ1n) is 5.08. The quantitative estimate of drug-likeness (QED) is 0.808. The summed E-state index contributed by atoms with van der Waals surface area (Å²) in [4.78, 5) is 11.1. The number of carbonyl (C=O) groups excluding carboxylic acids is 1. The summed E-state index contributed by atoms with van der Waals surface area (Å²) >= 11 is 0. The van der Waals surface area contributed by atoms with E-state index in [1.54, 1.807) is 0 Å². The second-order valence-electron chi connectivity index (χ2n) is 3.29. The van der Waals surface area contributed by atoms with E-state index in [4.69, 9.17) is 0 Å². The average Bonchev–Trinajstić information content (AvgIpc) is 2.16. The Kier molecular flexibility index (Phi) is 4.69. The van der Waals surface area contributed by atoms with Gasteiger partial charge < -0.3 is 10.6 Å². The Morgan fingerprint density at radius 1 is 1.25 bits per heavy atom. The van der Waals surface area contributed by atoms with Gasteiger partial charge in [0.1, 0.15) is 11.6 Å². The number of anilines is 1. The fourth-order valence-corrected chi connectivity index (χ4v) is 1.26. The van der Waals surface area contributed by atoms with Crippen molar-refractivity contribution in [3.8, 4) is 0 Å². The van der Waals surface area contributed by atoms with Gasteiger partial charge in [0, 0.05) is 31.3 Å². The number of carbonyl (C=O) groups is 1. The molecule has 0 atom stereocenters. The molecule has 0 bridgehead atoms. The molecular formula is C11H14F2N2O. The predicted molar refractivity (Wildman–Crippen MR) is 58.1 cm³/mol. The molecular weight excluding hydrogens is 214 g/mol. The van der Waals surface area contributed by atoms with Crippen LogP contribution in [0.2, 0.25) is 0 Å². The maximum Gasteiger partial charge on any atom is 0.221 e. The second-order valence-corrected chi connectivity index (χ2v) is 3.29. The highest BCUT2D eigenvalue weighted by molar-refractivity contribution is 5.76. The van der Waals surface area contributed by atoms with Crippen LogP contribution in [0, 0.1) is 11.6 Å². The van der Waals surface area contributed by atoms with Crippen molar-refractivity contribution in [2.24, 2.45) is 0 Å². The van der Waals surface area contributed by atoms with Crippen molar-refractivity contribution in [3.05, 3.63) is 29.8 Å². The zero-order valence-corrected chi connectivity index (χ0v) is 9.02. The predicted octanol–water partition coefficient (Wildman–Crippen LogP) is 1.90. The summed E-state index contributed by atoms with van der Waals surface area (Å²) in [6.45, 7) is 2.75. The van der Waals surface area contributed by atoms with Gasteiger partial charge in [-0.2, -0.15) is 0 Å². The first-order valence-corrected chi connectivity index (χ1v) is 5.08. The van der Waals surface area contributed by atoms with Crippen LogP contribution in [-0.2, 0) is 4.79 Å². The Morgan fingerprint density at radius 3 is 2.44 bits per heavy atom. The van der Waals surface area contributed by atoms with Crippen LogP contribution in [-0.4, -0.2) is 19.0 Å². The molecule has 1 aromatic rings. The van der Waals surface area contributed by atoms with Crippen molar-refractivity contribution >= 4 is 11.6 Å². The number of nitrogens with one attached hydrogen (secondary N) is 2. The Balaban J connectivity index is 2.40. The van der Waals surface area contributed by atoms with E-state index in [0.29, 0.717) is 18.8 Å². The maximum atomic E-state index is 12.8. The summed E-state index contributed by atoms with van der Waals surface area (Å²) in [7, 11) is 0. The Bertz CT molecular complexity index is 349. The number of halogens is 2. The van der Waals surface area contributed by atoms with Gasteiger partial charge in [-0.15, -0.1) is 0 Å². The summed E-state index contributed by atoms with van der Waals surface area (Å²) in [5, 5.41) is 5.40. The summed E-state index contributed by atoms with van der Waals surface area (Å²) in [5.41, 5.74) is 0.335. The molecule has 0 fully saturated rings.